The van der Waals surface area contributed by atoms with E-state index in [9.17, 15) is 18.0 Å². The van der Waals surface area contributed by atoms with E-state index in [0.29, 0.717) is 0 Å². The molecule has 0 saturated carbocycles. The number of hydrogen-bond acceptors (Lipinski definition) is 5. The summed E-state index contributed by atoms with van der Waals surface area (Å²) in [5.41, 5.74) is -0.633. The fourth-order valence-electron chi connectivity index (χ4n) is 2.07. The van der Waals surface area contributed by atoms with E-state index in [1.807, 2.05) is 0 Å². The van der Waals surface area contributed by atoms with Crippen molar-refractivity contribution in [1.29, 1.82) is 0 Å². The number of ether oxygens (including phenoxy) is 1. The van der Waals surface area contributed by atoms with E-state index in [1.165, 1.54) is 0 Å². The summed E-state index contributed by atoms with van der Waals surface area (Å²) >= 11 is 0. The number of carboxylic acid groups (broad SMARTS) is 1. The van der Waals surface area contributed by atoms with E-state index >= 15 is 0 Å². The summed E-state index contributed by atoms with van der Waals surface area (Å²) in [4.78, 5) is 22.6. The first kappa shape index (κ1) is 16.7. The molecule has 2 unspecified atom stereocenters. The first-order valence-electron chi connectivity index (χ1n) is 6.40. The molecule has 1 amide bonds. The van der Waals surface area contributed by atoms with Crippen LogP contribution >= 0.6 is 0 Å². The summed E-state index contributed by atoms with van der Waals surface area (Å²) in [5.74, 6) is -2.95. The van der Waals surface area contributed by atoms with Gasteiger partial charge < -0.3 is 15.2 Å². The van der Waals surface area contributed by atoms with Crippen molar-refractivity contribution >= 4 is 21.9 Å². The summed E-state index contributed by atoms with van der Waals surface area (Å²) in [6.07, 6.45) is -0.398. The Labute approximate surface area is 118 Å². The number of rotatable bonds is 3. The van der Waals surface area contributed by atoms with E-state index in [1.54, 1.807) is 20.8 Å². The van der Waals surface area contributed by atoms with Gasteiger partial charge in [0.25, 0.3) is 0 Å². The van der Waals surface area contributed by atoms with Crippen molar-refractivity contribution in [1.82, 2.24) is 5.32 Å². The van der Waals surface area contributed by atoms with E-state index in [2.05, 4.69) is 5.32 Å². The number of sulfone groups is 1. The maximum Gasteiger partial charge on any atom is 0.407 e. The molecule has 0 aromatic carbocycles. The molecule has 7 nitrogen and oxygen atoms in total. The molecular formula is C12H21NO6S. The number of amides is 1. The van der Waals surface area contributed by atoms with Gasteiger partial charge in [0, 0.05) is 6.54 Å². The quantitative estimate of drug-likeness (QED) is 0.792. The summed E-state index contributed by atoms with van der Waals surface area (Å²) in [6.45, 7) is 5.26. The first-order chi connectivity index (χ1) is 9.00. The van der Waals surface area contributed by atoms with Crippen molar-refractivity contribution in [2.75, 3.05) is 18.1 Å². The van der Waals surface area contributed by atoms with Crippen molar-refractivity contribution in [2.45, 2.75) is 32.8 Å². The summed E-state index contributed by atoms with van der Waals surface area (Å²) in [5, 5.41) is 11.6. The van der Waals surface area contributed by atoms with Gasteiger partial charge in [-0.05, 0) is 33.1 Å². The van der Waals surface area contributed by atoms with Crippen LogP contribution in [0.25, 0.3) is 0 Å². The molecule has 20 heavy (non-hydrogen) atoms. The fourth-order valence-corrected chi connectivity index (χ4v) is 3.86. The predicted octanol–water partition coefficient (Wildman–Crippen LogP) is 0.647. The second kappa shape index (κ2) is 5.99. The van der Waals surface area contributed by atoms with Crippen LogP contribution < -0.4 is 5.32 Å². The van der Waals surface area contributed by atoms with Gasteiger partial charge in [0.05, 0.1) is 17.4 Å². The highest BCUT2D eigenvalue weighted by molar-refractivity contribution is 7.91. The molecule has 1 aliphatic heterocycles. The highest BCUT2D eigenvalue weighted by Gasteiger charge is 2.37. The second-order valence-corrected chi connectivity index (χ2v) is 8.22. The lowest BCUT2D eigenvalue weighted by atomic mass is 9.91. The Balaban J connectivity index is 2.58. The SMILES string of the molecule is CC(C)(C)OC(=O)NCC1CCS(=O)(=O)CC1C(=O)O. The van der Waals surface area contributed by atoms with Crippen molar-refractivity contribution < 1.29 is 27.9 Å². The van der Waals surface area contributed by atoms with Crippen LogP contribution in [0.5, 0.6) is 0 Å². The summed E-state index contributed by atoms with van der Waals surface area (Å²) < 4.78 is 28.0. The molecule has 1 rings (SSSR count). The lowest BCUT2D eigenvalue weighted by molar-refractivity contribution is -0.143. The topological polar surface area (TPSA) is 110 Å². The van der Waals surface area contributed by atoms with E-state index in [0.717, 1.165) is 0 Å². The van der Waals surface area contributed by atoms with Crippen molar-refractivity contribution in [3.8, 4) is 0 Å². The number of alkyl carbamates (subject to hydrolysis) is 1. The largest absolute Gasteiger partial charge is 0.481 e. The van der Waals surface area contributed by atoms with Crippen LogP contribution in [0.3, 0.4) is 0 Å². The highest BCUT2D eigenvalue weighted by Crippen LogP contribution is 2.25. The average Bonchev–Trinajstić information content (AvgIpc) is 2.24. The number of carboxylic acids is 1. The van der Waals surface area contributed by atoms with Crippen LogP contribution in [0.2, 0.25) is 0 Å². The number of carbonyl (C=O) groups is 2. The Morgan fingerprint density at radius 3 is 2.45 bits per heavy atom. The molecule has 2 atom stereocenters. The van der Waals surface area contributed by atoms with Gasteiger partial charge in [0.15, 0.2) is 9.84 Å². The third kappa shape index (κ3) is 5.36. The van der Waals surface area contributed by atoms with E-state index in [-0.39, 0.29) is 24.5 Å². The van der Waals surface area contributed by atoms with Gasteiger partial charge in [0.2, 0.25) is 0 Å². The first-order valence-corrected chi connectivity index (χ1v) is 8.22. The summed E-state index contributed by atoms with van der Waals surface area (Å²) in [7, 11) is -3.30. The van der Waals surface area contributed by atoms with Crippen molar-refractivity contribution in [3.05, 3.63) is 0 Å². The molecule has 1 heterocycles. The minimum absolute atomic E-state index is 0.0442. The monoisotopic (exact) mass is 307 g/mol. The maximum atomic E-state index is 11.5. The van der Waals surface area contributed by atoms with Crippen LogP contribution in [-0.2, 0) is 19.4 Å². The van der Waals surface area contributed by atoms with Gasteiger partial charge in [-0.25, -0.2) is 13.2 Å². The predicted molar refractivity (Wildman–Crippen MR) is 72.1 cm³/mol. The van der Waals surface area contributed by atoms with E-state index in [4.69, 9.17) is 9.84 Å². The molecule has 0 spiro atoms. The molecule has 8 heteroatoms. The zero-order valence-corrected chi connectivity index (χ0v) is 12.7. The second-order valence-electron chi connectivity index (χ2n) is 5.99. The molecule has 0 radical (unpaired) electrons. The molecule has 0 bridgehead atoms. The number of aliphatic carboxylic acids is 1. The van der Waals surface area contributed by atoms with Crippen molar-refractivity contribution in [2.24, 2.45) is 11.8 Å². The third-order valence-corrected chi connectivity index (χ3v) is 4.75. The van der Waals surface area contributed by atoms with Crippen LogP contribution in [0.1, 0.15) is 27.2 Å². The highest BCUT2D eigenvalue weighted by atomic mass is 32.2. The van der Waals surface area contributed by atoms with Crippen LogP contribution in [0, 0.1) is 11.8 Å². The molecule has 1 fully saturated rings. The Kier molecular flexibility index (Phi) is 5.01. The average molecular weight is 307 g/mol. The Bertz CT molecular complexity index is 479. The minimum atomic E-state index is -3.30. The smallest absolute Gasteiger partial charge is 0.407 e. The van der Waals surface area contributed by atoms with Gasteiger partial charge in [-0.1, -0.05) is 0 Å². The van der Waals surface area contributed by atoms with Crippen LogP contribution in [0.4, 0.5) is 4.79 Å². The molecule has 1 saturated heterocycles. The van der Waals surface area contributed by atoms with Gasteiger partial charge in [-0.2, -0.15) is 0 Å². The van der Waals surface area contributed by atoms with Crippen molar-refractivity contribution in [3.63, 3.8) is 0 Å². The van der Waals surface area contributed by atoms with Gasteiger partial charge >= 0.3 is 12.1 Å². The molecule has 0 aliphatic carbocycles. The minimum Gasteiger partial charge on any atom is -0.481 e. The molecule has 1 aliphatic rings. The number of carbonyl (C=O) groups excluding carboxylic acids is 1. The molecule has 0 aromatic heterocycles. The Morgan fingerprint density at radius 2 is 1.95 bits per heavy atom. The lowest BCUT2D eigenvalue weighted by Gasteiger charge is -2.29. The molecule has 2 N–H and O–H groups in total. The normalized spacial score (nSPS) is 25.8. The zero-order valence-electron chi connectivity index (χ0n) is 11.9. The van der Waals surface area contributed by atoms with E-state index < -0.39 is 39.3 Å². The Morgan fingerprint density at radius 1 is 1.35 bits per heavy atom. The Hall–Kier alpha value is -1.31. The van der Waals surface area contributed by atoms with Gasteiger partial charge in [-0.3, -0.25) is 4.79 Å². The number of nitrogens with one attached hydrogen (secondary N) is 1. The standard InChI is InChI=1S/C12H21NO6S/c1-12(2,3)19-11(16)13-6-8-4-5-20(17,18)7-9(8)10(14)15/h8-9H,4-7H2,1-3H3,(H,13,16)(H,14,15). The molecule has 0 aromatic rings. The van der Waals surface area contributed by atoms with Gasteiger partial charge in [0.1, 0.15) is 5.60 Å². The van der Waals surface area contributed by atoms with Crippen LogP contribution in [-0.4, -0.2) is 49.2 Å². The summed E-state index contributed by atoms with van der Waals surface area (Å²) in [6, 6.07) is 0. The maximum absolute atomic E-state index is 11.5. The number of hydrogen-bond donors (Lipinski definition) is 2. The lowest BCUT2D eigenvalue weighted by Crippen LogP contribution is -2.44. The zero-order chi connectivity index (χ0) is 15.6. The van der Waals surface area contributed by atoms with Crippen LogP contribution in [0.15, 0.2) is 0 Å². The molecule has 116 valence electrons. The third-order valence-electron chi connectivity index (χ3n) is 3.03. The molecular weight excluding hydrogens is 286 g/mol. The van der Waals surface area contributed by atoms with Gasteiger partial charge in [-0.15, -0.1) is 0 Å². The fraction of sp³-hybridized carbons (Fsp3) is 0.833.